The van der Waals surface area contributed by atoms with Crippen molar-refractivity contribution >= 4 is 17.5 Å². The third-order valence-corrected chi connectivity index (χ3v) is 8.43. The zero-order chi connectivity index (χ0) is 32.3. The van der Waals surface area contributed by atoms with Crippen molar-refractivity contribution < 1.29 is 40.6 Å². The molecule has 0 aromatic heterocycles. The normalized spacial score (nSPS) is 14.7. The lowest BCUT2D eigenvalue weighted by molar-refractivity contribution is -0.275. The van der Waals surface area contributed by atoms with Crippen molar-refractivity contribution in [3.63, 3.8) is 0 Å². The van der Waals surface area contributed by atoms with Crippen molar-refractivity contribution in [3.8, 4) is 11.5 Å². The fourth-order valence-corrected chi connectivity index (χ4v) is 6.04. The van der Waals surface area contributed by atoms with Crippen LogP contribution in [-0.4, -0.2) is 25.2 Å². The summed E-state index contributed by atoms with van der Waals surface area (Å²) in [6, 6.07) is 26.4. The number of benzene rings is 4. The van der Waals surface area contributed by atoms with Crippen LogP contribution in [0.4, 0.5) is 26.3 Å². The molecular weight excluding hydrogens is 620 g/mol. The smallest absolute Gasteiger partial charge is 0.406 e. The summed E-state index contributed by atoms with van der Waals surface area (Å²) in [4.78, 5) is 14.0. The molecular formula is C34H28ClF6NO3. The molecule has 0 radical (unpaired) electrons. The molecule has 1 N–H and O–H groups in total. The van der Waals surface area contributed by atoms with Gasteiger partial charge in [-0.25, -0.2) is 0 Å². The highest BCUT2D eigenvalue weighted by atomic mass is 35.5. The van der Waals surface area contributed by atoms with E-state index in [1.165, 1.54) is 24.3 Å². The van der Waals surface area contributed by atoms with Crippen molar-refractivity contribution in [2.75, 3.05) is 6.54 Å². The molecule has 1 amide bonds. The van der Waals surface area contributed by atoms with Crippen LogP contribution >= 0.6 is 11.6 Å². The van der Waals surface area contributed by atoms with Crippen LogP contribution in [0.1, 0.15) is 41.5 Å². The zero-order valence-electron chi connectivity index (χ0n) is 23.7. The highest BCUT2D eigenvalue weighted by molar-refractivity contribution is 6.30. The van der Waals surface area contributed by atoms with E-state index in [-0.39, 0.29) is 30.0 Å². The highest BCUT2D eigenvalue weighted by Gasteiger charge is 2.47. The summed E-state index contributed by atoms with van der Waals surface area (Å²) in [5.74, 6) is -1.33. The zero-order valence-corrected chi connectivity index (χ0v) is 24.5. The van der Waals surface area contributed by atoms with Crippen LogP contribution in [0, 0.1) is 0 Å². The number of alkyl halides is 6. The van der Waals surface area contributed by atoms with Gasteiger partial charge in [-0.15, -0.1) is 26.3 Å². The Labute approximate surface area is 260 Å². The summed E-state index contributed by atoms with van der Waals surface area (Å²) < 4.78 is 88.0. The summed E-state index contributed by atoms with van der Waals surface area (Å²) in [6.07, 6.45) is -7.92. The summed E-state index contributed by atoms with van der Waals surface area (Å²) in [6.45, 7) is -0.166. The highest BCUT2D eigenvalue weighted by Crippen LogP contribution is 2.45. The van der Waals surface area contributed by atoms with Gasteiger partial charge in [-0.05, 0) is 77.9 Å². The minimum Gasteiger partial charge on any atom is -0.406 e. The largest absolute Gasteiger partial charge is 0.573 e. The number of hydrogen-bond donors (Lipinski definition) is 1. The molecule has 1 fully saturated rings. The number of carbonyl (C=O) groups is 1. The first-order chi connectivity index (χ1) is 21.3. The van der Waals surface area contributed by atoms with Crippen molar-refractivity contribution in [2.24, 2.45) is 0 Å². The quantitative estimate of drug-likeness (QED) is 0.175. The van der Waals surface area contributed by atoms with E-state index in [0.29, 0.717) is 17.9 Å². The lowest BCUT2D eigenvalue weighted by atomic mass is 9.63. The monoisotopic (exact) mass is 647 g/mol. The molecule has 1 aliphatic carbocycles. The first-order valence-corrected chi connectivity index (χ1v) is 14.5. The second-order valence-electron chi connectivity index (χ2n) is 11.0. The Morgan fingerprint density at radius 1 is 0.733 bits per heavy atom. The van der Waals surface area contributed by atoms with Crippen molar-refractivity contribution in [2.45, 2.75) is 49.2 Å². The fourth-order valence-electron chi connectivity index (χ4n) is 5.91. The number of nitrogens with one attached hydrogen (secondary N) is 1. The molecule has 0 bridgehead atoms. The van der Waals surface area contributed by atoms with E-state index in [1.807, 2.05) is 0 Å². The topological polar surface area (TPSA) is 47.6 Å². The van der Waals surface area contributed by atoms with Gasteiger partial charge in [0.15, 0.2) is 0 Å². The molecule has 0 spiro atoms. The minimum absolute atomic E-state index is 0.104. The number of ether oxygens (including phenoxy) is 2. The molecule has 0 unspecified atom stereocenters. The van der Waals surface area contributed by atoms with Crippen LogP contribution in [0.25, 0.3) is 0 Å². The van der Waals surface area contributed by atoms with Crippen molar-refractivity contribution in [1.29, 1.82) is 0 Å². The van der Waals surface area contributed by atoms with Gasteiger partial charge in [-0.3, -0.25) is 4.79 Å². The molecule has 4 aromatic rings. The van der Waals surface area contributed by atoms with Gasteiger partial charge in [0, 0.05) is 17.0 Å². The van der Waals surface area contributed by atoms with E-state index in [4.69, 9.17) is 11.6 Å². The SMILES string of the molecule is O=C(NCC(Cc1ccccc1)(c1cccc(OC(F)(F)F)c1)c1cccc(OC(F)(F)F)c1)C1(c2ccc(Cl)cc2)CCC1. The maximum atomic E-state index is 14.0. The molecule has 1 aliphatic rings. The maximum absolute atomic E-state index is 14.0. The minimum atomic E-state index is -4.98. The van der Waals surface area contributed by atoms with Gasteiger partial charge in [-0.1, -0.05) is 84.8 Å². The van der Waals surface area contributed by atoms with E-state index in [2.05, 4.69) is 14.8 Å². The van der Waals surface area contributed by atoms with Crippen LogP contribution in [0.3, 0.4) is 0 Å². The molecule has 11 heteroatoms. The summed E-state index contributed by atoms with van der Waals surface area (Å²) in [7, 11) is 0. The second-order valence-corrected chi connectivity index (χ2v) is 11.5. The van der Waals surface area contributed by atoms with Gasteiger partial charge in [0.25, 0.3) is 0 Å². The number of halogens is 7. The first-order valence-electron chi connectivity index (χ1n) is 14.1. The molecule has 0 aliphatic heterocycles. The number of carbonyl (C=O) groups excluding carboxylic acids is 1. The fraction of sp³-hybridized carbons (Fsp3) is 0.265. The van der Waals surface area contributed by atoms with Gasteiger partial charge in [0.1, 0.15) is 11.5 Å². The van der Waals surface area contributed by atoms with E-state index < -0.39 is 35.1 Å². The van der Waals surface area contributed by atoms with Gasteiger partial charge in [-0.2, -0.15) is 0 Å². The van der Waals surface area contributed by atoms with Crippen LogP contribution in [0.5, 0.6) is 11.5 Å². The Balaban J connectivity index is 1.63. The predicted molar refractivity (Wildman–Crippen MR) is 157 cm³/mol. The maximum Gasteiger partial charge on any atom is 0.573 e. The average Bonchev–Trinajstić information content (AvgIpc) is 2.95. The Kier molecular flexibility index (Phi) is 9.07. The Morgan fingerprint density at radius 3 is 1.73 bits per heavy atom. The van der Waals surface area contributed by atoms with E-state index >= 15 is 0 Å². The molecule has 0 atom stereocenters. The predicted octanol–water partition coefficient (Wildman–Crippen LogP) is 8.90. The Hall–Kier alpha value is -4.18. The van der Waals surface area contributed by atoms with E-state index in [9.17, 15) is 31.1 Å². The van der Waals surface area contributed by atoms with Gasteiger partial charge < -0.3 is 14.8 Å². The number of amides is 1. The molecule has 5 rings (SSSR count). The molecule has 4 nitrogen and oxygen atoms in total. The average molecular weight is 648 g/mol. The summed E-state index contributed by atoms with van der Waals surface area (Å²) >= 11 is 6.08. The molecule has 0 saturated heterocycles. The Bertz CT molecular complexity index is 1560. The third-order valence-electron chi connectivity index (χ3n) is 8.18. The molecule has 45 heavy (non-hydrogen) atoms. The van der Waals surface area contributed by atoms with Crippen LogP contribution in [0.15, 0.2) is 103 Å². The van der Waals surface area contributed by atoms with Crippen molar-refractivity contribution in [1.82, 2.24) is 5.32 Å². The first kappa shape index (κ1) is 32.2. The molecule has 4 aromatic carbocycles. The molecule has 236 valence electrons. The number of rotatable bonds is 10. The summed E-state index contributed by atoms with van der Waals surface area (Å²) in [5.41, 5.74) is -0.153. The molecule has 1 saturated carbocycles. The number of hydrogen-bond acceptors (Lipinski definition) is 3. The van der Waals surface area contributed by atoms with Crippen LogP contribution < -0.4 is 14.8 Å². The third kappa shape index (κ3) is 7.56. The van der Waals surface area contributed by atoms with E-state index in [1.54, 1.807) is 66.7 Å². The summed E-state index contributed by atoms with van der Waals surface area (Å²) in [5, 5.41) is 3.55. The van der Waals surface area contributed by atoms with Crippen molar-refractivity contribution in [3.05, 3.63) is 130 Å². The van der Waals surface area contributed by atoms with Crippen LogP contribution in [-0.2, 0) is 22.0 Å². The van der Waals surface area contributed by atoms with Gasteiger partial charge >= 0.3 is 12.7 Å². The lowest BCUT2D eigenvalue weighted by Gasteiger charge is -2.43. The van der Waals surface area contributed by atoms with E-state index in [0.717, 1.165) is 29.7 Å². The van der Waals surface area contributed by atoms with Crippen LogP contribution in [0.2, 0.25) is 5.02 Å². The lowest BCUT2D eigenvalue weighted by Crippen LogP contribution is -2.53. The standard InChI is InChI=1S/C34H28ClF6NO3/c35-27-15-13-24(14-16-27)31(17-6-18-31)30(43)42-22-32(21-23-7-2-1-3-8-23,25-9-4-11-28(19-25)44-33(36,37)38)26-10-5-12-29(20-26)45-34(39,40)41/h1-5,7-16,19-20H,6,17-18,21-22H2,(H,42,43). The Morgan fingerprint density at radius 2 is 1.27 bits per heavy atom. The van der Waals surface area contributed by atoms with Gasteiger partial charge in [0.2, 0.25) is 5.91 Å². The second kappa shape index (κ2) is 12.7. The molecule has 0 heterocycles. The van der Waals surface area contributed by atoms with Gasteiger partial charge in [0.05, 0.1) is 5.41 Å².